The summed E-state index contributed by atoms with van der Waals surface area (Å²) in [5.74, 6) is 2.13. The molecule has 1 saturated heterocycles. The van der Waals surface area contributed by atoms with Crippen LogP contribution in [0.25, 0.3) is 0 Å². The van der Waals surface area contributed by atoms with E-state index >= 15 is 0 Å². The molecule has 2 heterocycles. The average Bonchev–Trinajstić information content (AvgIpc) is 2.92. The predicted molar refractivity (Wildman–Crippen MR) is 142 cm³/mol. The molecule has 2 aliphatic rings. The molecule has 4 atom stereocenters. The molecule has 7 heteroatoms. The van der Waals surface area contributed by atoms with Crippen molar-refractivity contribution in [2.24, 2.45) is 0 Å². The van der Waals surface area contributed by atoms with Crippen LogP contribution in [-0.2, 0) is 20.8 Å². The summed E-state index contributed by atoms with van der Waals surface area (Å²) in [6.45, 7) is 6.85. The van der Waals surface area contributed by atoms with E-state index in [9.17, 15) is 0 Å². The molecule has 36 heavy (non-hydrogen) atoms. The summed E-state index contributed by atoms with van der Waals surface area (Å²) in [6.07, 6.45) is 3.30. The van der Waals surface area contributed by atoms with E-state index < -0.39 is 0 Å². The van der Waals surface area contributed by atoms with Gasteiger partial charge < -0.3 is 33.9 Å². The van der Waals surface area contributed by atoms with Gasteiger partial charge in [0, 0.05) is 45.9 Å². The Hall–Kier alpha value is -2.32. The highest BCUT2D eigenvalue weighted by atomic mass is 16.5. The van der Waals surface area contributed by atoms with Crippen LogP contribution in [0.15, 0.2) is 42.5 Å². The van der Waals surface area contributed by atoms with Gasteiger partial charge in [0.25, 0.3) is 0 Å². The van der Waals surface area contributed by atoms with Crippen LogP contribution in [0, 0.1) is 0 Å². The number of benzene rings is 2. The molecule has 2 aromatic rings. The summed E-state index contributed by atoms with van der Waals surface area (Å²) in [5, 5.41) is 3.71. The summed E-state index contributed by atoms with van der Waals surface area (Å²) in [4.78, 5) is 2.39. The second-order valence-corrected chi connectivity index (χ2v) is 9.84. The lowest BCUT2D eigenvalue weighted by Gasteiger charge is -2.38. The standard InChI is InChI=1S/C29H42N2O5/c1-21(33-3)16-24-18-26(23-7-9-25(34-4)10-8-23)29(19-30-24)36-20-22-6-11-28-27(17-22)31(13-15-35-28)12-5-14-32-2/h6-11,17,21,24,26,29-30H,5,12-16,18-20H2,1-4H3/t21-,24-,26?,29-/m0/s1. The predicted octanol–water partition coefficient (Wildman–Crippen LogP) is 4.39. The van der Waals surface area contributed by atoms with Gasteiger partial charge in [-0.25, -0.2) is 0 Å². The number of rotatable bonds is 12. The molecule has 7 nitrogen and oxygen atoms in total. The van der Waals surface area contributed by atoms with Crippen LogP contribution in [0.2, 0.25) is 0 Å². The van der Waals surface area contributed by atoms with Crippen LogP contribution in [0.4, 0.5) is 5.69 Å². The van der Waals surface area contributed by atoms with Gasteiger partial charge in [0.05, 0.1) is 38.2 Å². The van der Waals surface area contributed by atoms with E-state index in [2.05, 4.69) is 47.5 Å². The quantitative estimate of drug-likeness (QED) is 0.436. The summed E-state index contributed by atoms with van der Waals surface area (Å²) in [7, 11) is 5.24. The van der Waals surface area contributed by atoms with Crippen molar-refractivity contribution in [1.82, 2.24) is 5.32 Å². The van der Waals surface area contributed by atoms with Crippen molar-refractivity contribution in [3.63, 3.8) is 0 Å². The molecule has 1 N–H and O–H groups in total. The lowest BCUT2D eigenvalue weighted by molar-refractivity contribution is -0.00283. The zero-order chi connectivity index (χ0) is 25.3. The fourth-order valence-corrected chi connectivity index (χ4v) is 5.26. The number of hydrogen-bond acceptors (Lipinski definition) is 7. The van der Waals surface area contributed by atoms with Crippen molar-refractivity contribution >= 4 is 5.69 Å². The van der Waals surface area contributed by atoms with Crippen LogP contribution < -0.4 is 19.7 Å². The summed E-state index contributed by atoms with van der Waals surface area (Å²) in [5.41, 5.74) is 3.61. The van der Waals surface area contributed by atoms with E-state index in [1.807, 2.05) is 12.1 Å². The molecule has 0 amide bonds. The van der Waals surface area contributed by atoms with E-state index in [-0.39, 0.29) is 12.2 Å². The van der Waals surface area contributed by atoms with Crippen LogP contribution in [-0.4, -0.2) is 72.4 Å². The third kappa shape index (κ3) is 6.91. The fraction of sp³-hybridized carbons (Fsp3) is 0.586. The lowest BCUT2D eigenvalue weighted by atomic mass is 9.82. The minimum absolute atomic E-state index is 0.0811. The maximum absolute atomic E-state index is 6.59. The van der Waals surface area contributed by atoms with Gasteiger partial charge in [-0.05, 0) is 61.6 Å². The number of nitrogens with zero attached hydrogens (tertiary/aromatic N) is 1. The van der Waals surface area contributed by atoms with E-state index in [1.165, 1.54) is 11.1 Å². The van der Waals surface area contributed by atoms with Gasteiger partial charge in [-0.3, -0.25) is 0 Å². The van der Waals surface area contributed by atoms with Gasteiger partial charge in [0.1, 0.15) is 18.1 Å². The molecule has 0 aliphatic carbocycles. The van der Waals surface area contributed by atoms with Crippen molar-refractivity contribution in [3.05, 3.63) is 53.6 Å². The minimum atomic E-state index is 0.0811. The first-order valence-corrected chi connectivity index (χ1v) is 13.1. The zero-order valence-electron chi connectivity index (χ0n) is 22.2. The topological polar surface area (TPSA) is 61.4 Å². The number of nitrogens with one attached hydrogen (secondary N) is 1. The van der Waals surface area contributed by atoms with Gasteiger partial charge in [-0.1, -0.05) is 18.2 Å². The molecular weight excluding hydrogens is 456 g/mol. The molecular formula is C29H42N2O5. The van der Waals surface area contributed by atoms with Gasteiger partial charge in [-0.2, -0.15) is 0 Å². The largest absolute Gasteiger partial charge is 0.497 e. The van der Waals surface area contributed by atoms with E-state index in [0.29, 0.717) is 18.6 Å². The monoisotopic (exact) mass is 498 g/mol. The maximum Gasteiger partial charge on any atom is 0.142 e. The Kier molecular flexibility index (Phi) is 9.87. The maximum atomic E-state index is 6.59. The molecule has 198 valence electrons. The fourth-order valence-electron chi connectivity index (χ4n) is 5.26. The van der Waals surface area contributed by atoms with Crippen molar-refractivity contribution in [3.8, 4) is 11.5 Å². The Morgan fingerprint density at radius 1 is 1.11 bits per heavy atom. The van der Waals surface area contributed by atoms with Crippen molar-refractivity contribution < 1.29 is 23.7 Å². The highest BCUT2D eigenvalue weighted by Crippen LogP contribution is 2.35. The average molecular weight is 499 g/mol. The first-order valence-electron chi connectivity index (χ1n) is 13.1. The van der Waals surface area contributed by atoms with Crippen molar-refractivity contribution in [2.45, 2.75) is 57.0 Å². The molecule has 0 spiro atoms. The smallest absolute Gasteiger partial charge is 0.142 e. The van der Waals surface area contributed by atoms with E-state index in [4.69, 9.17) is 23.7 Å². The first kappa shape index (κ1) is 26.7. The van der Waals surface area contributed by atoms with Crippen LogP contribution >= 0.6 is 0 Å². The number of fused-ring (bicyclic) bond motifs is 1. The van der Waals surface area contributed by atoms with Gasteiger partial charge >= 0.3 is 0 Å². The van der Waals surface area contributed by atoms with Crippen LogP contribution in [0.1, 0.15) is 43.2 Å². The molecule has 0 radical (unpaired) electrons. The number of piperidine rings is 1. The third-order valence-electron chi connectivity index (χ3n) is 7.38. The molecule has 1 unspecified atom stereocenters. The number of anilines is 1. The molecule has 0 saturated carbocycles. The van der Waals surface area contributed by atoms with Gasteiger partial charge in [0.15, 0.2) is 0 Å². The lowest BCUT2D eigenvalue weighted by Crippen LogP contribution is -2.48. The molecule has 2 aromatic carbocycles. The van der Waals surface area contributed by atoms with Crippen molar-refractivity contribution in [2.75, 3.05) is 59.1 Å². The van der Waals surface area contributed by atoms with Crippen LogP contribution in [0.5, 0.6) is 11.5 Å². The highest BCUT2D eigenvalue weighted by molar-refractivity contribution is 5.61. The molecule has 1 fully saturated rings. The van der Waals surface area contributed by atoms with Crippen molar-refractivity contribution in [1.29, 1.82) is 0 Å². The Morgan fingerprint density at radius 3 is 2.69 bits per heavy atom. The number of hydrogen-bond donors (Lipinski definition) is 1. The molecule has 0 bridgehead atoms. The molecule has 4 rings (SSSR count). The van der Waals surface area contributed by atoms with Gasteiger partial charge in [0.2, 0.25) is 0 Å². The van der Waals surface area contributed by atoms with E-state index in [1.54, 1.807) is 21.3 Å². The number of methoxy groups -OCH3 is 3. The second-order valence-electron chi connectivity index (χ2n) is 9.84. The van der Waals surface area contributed by atoms with Crippen LogP contribution in [0.3, 0.4) is 0 Å². The Balaban J connectivity index is 1.45. The van der Waals surface area contributed by atoms with Gasteiger partial charge in [-0.15, -0.1) is 0 Å². The third-order valence-corrected chi connectivity index (χ3v) is 7.38. The highest BCUT2D eigenvalue weighted by Gasteiger charge is 2.33. The minimum Gasteiger partial charge on any atom is -0.497 e. The molecule has 2 aliphatic heterocycles. The first-order chi connectivity index (χ1) is 17.6. The Morgan fingerprint density at radius 2 is 1.94 bits per heavy atom. The second kappa shape index (κ2) is 13.3. The summed E-state index contributed by atoms with van der Waals surface area (Å²) >= 11 is 0. The summed E-state index contributed by atoms with van der Waals surface area (Å²) < 4.78 is 28.7. The normalized spacial score (nSPS) is 22.6. The Labute approximate surface area is 216 Å². The summed E-state index contributed by atoms with van der Waals surface area (Å²) in [6, 6.07) is 15.3. The number of ether oxygens (including phenoxy) is 5. The van der Waals surface area contributed by atoms with E-state index in [0.717, 1.165) is 69.3 Å². The Bertz CT molecular complexity index is 938. The zero-order valence-corrected chi connectivity index (χ0v) is 22.2. The SMILES string of the molecule is COCCCN1CCOc2ccc(CO[C@H]3CN[C@@H](C[C@H](C)OC)CC3c3ccc(OC)cc3)cc21. The molecule has 0 aromatic heterocycles.